The molecule has 122 valence electrons. The van der Waals surface area contributed by atoms with Crippen LogP contribution in [0.3, 0.4) is 0 Å². The molecule has 0 unspecified atom stereocenters. The van der Waals surface area contributed by atoms with Crippen LogP contribution in [0.1, 0.15) is 58.3 Å². The number of rotatable bonds is 6. The molecule has 2 aliphatic rings. The van der Waals surface area contributed by atoms with Gasteiger partial charge in [-0.25, -0.2) is 0 Å². The highest BCUT2D eigenvalue weighted by Gasteiger charge is 2.53. The van der Waals surface area contributed by atoms with E-state index in [1.807, 2.05) is 0 Å². The summed E-state index contributed by atoms with van der Waals surface area (Å²) in [5.41, 5.74) is 2.64. The zero-order valence-corrected chi connectivity index (χ0v) is 13.9. The lowest BCUT2D eigenvalue weighted by Crippen LogP contribution is -2.39. The van der Waals surface area contributed by atoms with Crippen molar-refractivity contribution in [2.24, 2.45) is 5.41 Å². The molecule has 0 heterocycles. The second kappa shape index (κ2) is 7.12. The monoisotopic (exact) mass is 306 g/mol. The Hall–Kier alpha value is -1.58. The molecule has 0 aromatic carbocycles. The number of esters is 2. The summed E-state index contributed by atoms with van der Waals surface area (Å²) in [7, 11) is 2.66. The number of ether oxygens (including phenoxy) is 2. The Bertz CT molecular complexity index is 497. The topological polar surface area (TPSA) is 52.6 Å². The van der Waals surface area contributed by atoms with Gasteiger partial charge in [-0.15, -0.1) is 0 Å². The summed E-state index contributed by atoms with van der Waals surface area (Å²) < 4.78 is 9.77. The fourth-order valence-corrected chi connectivity index (χ4v) is 3.58. The van der Waals surface area contributed by atoms with E-state index in [1.54, 1.807) is 0 Å². The molecule has 0 radical (unpaired) electrons. The van der Waals surface area contributed by atoms with Gasteiger partial charge in [0.2, 0.25) is 0 Å². The average Bonchev–Trinajstić information content (AvgIpc) is 2.93. The largest absolute Gasteiger partial charge is 0.468 e. The van der Waals surface area contributed by atoms with Crippen LogP contribution in [-0.4, -0.2) is 26.2 Å². The fraction of sp³-hybridized carbons (Fsp3) is 0.667. The Labute approximate surface area is 132 Å². The number of hydrogen-bond acceptors (Lipinski definition) is 4. The van der Waals surface area contributed by atoms with E-state index in [0.717, 1.165) is 24.8 Å². The van der Waals surface area contributed by atoms with E-state index in [-0.39, 0.29) is 0 Å². The Morgan fingerprint density at radius 3 is 2.36 bits per heavy atom. The van der Waals surface area contributed by atoms with Gasteiger partial charge >= 0.3 is 11.9 Å². The average molecular weight is 306 g/mol. The van der Waals surface area contributed by atoms with Crippen molar-refractivity contribution in [3.05, 3.63) is 22.8 Å². The van der Waals surface area contributed by atoms with Gasteiger partial charge in [0.25, 0.3) is 0 Å². The van der Waals surface area contributed by atoms with Crippen LogP contribution in [0.5, 0.6) is 0 Å². The minimum absolute atomic E-state index is 0.416. The van der Waals surface area contributed by atoms with Gasteiger partial charge in [0.05, 0.1) is 14.2 Å². The lowest BCUT2D eigenvalue weighted by atomic mass is 9.83. The third-order valence-corrected chi connectivity index (χ3v) is 4.84. The molecule has 0 aliphatic heterocycles. The molecule has 4 nitrogen and oxygen atoms in total. The van der Waals surface area contributed by atoms with Crippen molar-refractivity contribution in [1.29, 1.82) is 0 Å². The highest BCUT2D eigenvalue weighted by atomic mass is 16.5. The summed E-state index contributed by atoms with van der Waals surface area (Å²) in [5, 5.41) is 0. The molecule has 0 saturated heterocycles. The molecule has 0 atom stereocenters. The standard InChI is InChI=1S/C18H26O4/c1-4-5-6-7-13-8-9-14-11-18(16(19)21-2,17(20)22-3)12-15(14)10-13/h10H,4-9,11-12H2,1-3H3. The van der Waals surface area contributed by atoms with Crippen LogP contribution in [0.25, 0.3) is 0 Å². The van der Waals surface area contributed by atoms with Gasteiger partial charge in [-0.3, -0.25) is 9.59 Å². The summed E-state index contributed by atoms with van der Waals surface area (Å²) in [5.74, 6) is -0.954. The molecule has 0 N–H and O–H groups in total. The van der Waals surface area contributed by atoms with Crippen molar-refractivity contribution in [3.8, 4) is 0 Å². The second-order valence-corrected chi connectivity index (χ2v) is 6.31. The van der Waals surface area contributed by atoms with E-state index in [4.69, 9.17) is 9.47 Å². The molecule has 0 amide bonds. The predicted molar refractivity (Wildman–Crippen MR) is 84.2 cm³/mol. The maximum absolute atomic E-state index is 12.2. The van der Waals surface area contributed by atoms with Crippen molar-refractivity contribution in [2.45, 2.75) is 58.3 Å². The first-order valence-corrected chi connectivity index (χ1v) is 8.14. The number of carbonyl (C=O) groups is 2. The number of carbonyl (C=O) groups excluding carboxylic acids is 2. The molecule has 0 saturated carbocycles. The molecule has 0 spiro atoms. The number of hydrogen-bond donors (Lipinski definition) is 0. The van der Waals surface area contributed by atoms with Crippen LogP contribution in [0, 0.1) is 5.41 Å². The number of unbranched alkanes of at least 4 members (excludes halogenated alkanes) is 2. The smallest absolute Gasteiger partial charge is 0.323 e. The number of allylic oxidation sites excluding steroid dienone is 4. The predicted octanol–water partition coefficient (Wildman–Crippen LogP) is 3.71. The molecule has 0 aromatic rings. The fourth-order valence-electron chi connectivity index (χ4n) is 3.58. The zero-order chi connectivity index (χ0) is 16.2. The molecule has 2 rings (SSSR count). The van der Waals surface area contributed by atoms with Crippen LogP contribution in [0.15, 0.2) is 22.8 Å². The van der Waals surface area contributed by atoms with E-state index in [9.17, 15) is 9.59 Å². The van der Waals surface area contributed by atoms with Crippen LogP contribution in [0.2, 0.25) is 0 Å². The van der Waals surface area contributed by atoms with E-state index in [0.29, 0.717) is 12.8 Å². The van der Waals surface area contributed by atoms with Gasteiger partial charge in [0.15, 0.2) is 5.41 Å². The summed E-state index contributed by atoms with van der Waals surface area (Å²) in [6, 6.07) is 0. The van der Waals surface area contributed by atoms with Crippen LogP contribution >= 0.6 is 0 Å². The molecule has 4 heteroatoms. The second-order valence-electron chi connectivity index (χ2n) is 6.31. The van der Waals surface area contributed by atoms with Crippen molar-refractivity contribution in [3.63, 3.8) is 0 Å². The van der Waals surface area contributed by atoms with Crippen LogP contribution in [-0.2, 0) is 19.1 Å². The Balaban J connectivity index is 2.15. The molecule has 0 bridgehead atoms. The van der Waals surface area contributed by atoms with Gasteiger partial charge in [-0.2, -0.15) is 0 Å². The van der Waals surface area contributed by atoms with Crippen molar-refractivity contribution >= 4 is 11.9 Å². The third-order valence-electron chi connectivity index (χ3n) is 4.84. The van der Waals surface area contributed by atoms with Crippen molar-refractivity contribution < 1.29 is 19.1 Å². The highest BCUT2D eigenvalue weighted by Crippen LogP contribution is 2.48. The zero-order valence-electron chi connectivity index (χ0n) is 13.9. The molecular weight excluding hydrogens is 280 g/mol. The molecule has 22 heavy (non-hydrogen) atoms. The molecule has 0 aromatic heterocycles. The van der Waals surface area contributed by atoms with E-state index in [2.05, 4.69) is 13.0 Å². The first-order valence-electron chi connectivity index (χ1n) is 8.14. The van der Waals surface area contributed by atoms with Crippen LogP contribution < -0.4 is 0 Å². The Morgan fingerprint density at radius 1 is 1.09 bits per heavy atom. The van der Waals surface area contributed by atoms with E-state index >= 15 is 0 Å². The highest BCUT2D eigenvalue weighted by molar-refractivity contribution is 6.01. The summed E-state index contributed by atoms with van der Waals surface area (Å²) >= 11 is 0. The van der Waals surface area contributed by atoms with Crippen LogP contribution in [0.4, 0.5) is 0 Å². The molecule has 2 aliphatic carbocycles. The first kappa shape index (κ1) is 16.8. The lowest BCUT2D eigenvalue weighted by molar-refractivity contribution is -0.168. The summed E-state index contributed by atoms with van der Waals surface area (Å²) in [6.07, 6.45) is 9.86. The maximum Gasteiger partial charge on any atom is 0.323 e. The first-order chi connectivity index (χ1) is 10.6. The summed E-state index contributed by atoms with van der Waals surface area (Å²) in [6.45, 7) is 2.20. The minimum atomic E-state index is -1.16. The van der Waals surface area contributed by atoms with E-state index < -0.39 is 17.4 Å². The Kier molecular flexibility index (Phi) is 5.43. The van der Waals surface area contributed by atoms with Gasteiger partial charge < -0.3 is 9.47 Å². The van der Waals surface area contributed by atoms with E-state index in [1.165, 1.54) is 44.6 Å². The quantitative estimate of drug-likeness (QED) is 0.426. The van der Waals surface area contributed by atoms with Gasteiger partial charge in [0, 0.05) is 0 Å². The normalized spacial score (nSPS) is 19.5. The van der Waals surface area contributed by atoms with Crippen molar-refractivity contribution in [1.82, 2.24) is 0 Å². The van der Waals surface area contributed by atoms with Gasteiger partial charge in [0.1, 0.15) is 0 Å². The van der Waals surface area contributed by atoms with Crippen molar-refractivity contribution in [2.75, 3.05) is 14.2 Å². The Morgan fingerprint density at radius 2 is 1.77 bits per heavy atom. The maximum atomic E-state index is 12.2. The summed E-state index contributed by atoms with van der Waals surface area (Å²) in [4.78, 5) is 24.4. The third kappa shape index (κ3) is 3.11. The lowest BCUT2D eigenvalue weighted by Gasteiger charge is -2.23. The minimum Gasteiger partial charge on any atom is -0.468 e. The SMILES string of the molecule is CCCCCC1=CC2=C(CC1)CC(C(=O)OC)(C(=O)OC)C2. The van der Waals surface area contributed by atoms with Gasteiger partial charge in [-0.05, 0) is 44.1 Å². The molecule has 0 fully saturated rings. The molecular formula is C18H26O4. The van der Waals surface area contributed by atoms with Gasteiger partial charge in [-0.1, -0.05) is 37.0 Å². The number of methoxy groups -OCH3 is 2.